The second-order valence-corrected chi connectivity index (χ2v) is 8.12. The van der Waals surface area contributed by atoms with Crippen molar-refractivity contribution in [1.29, 1.82) is 5.26 Å². The predicted octanol–water partition coefficient (Wildman–Crippen LogP) is 5.79. The molecular formula is C22H19BrClFN2O2. The number of benzene rings is 2. The van der Waals surface area contributed by atoms with Crippen LogP contribution in [0.4, 0.5) is 4.39 Å². The fraction of sp³-hybridized carbons (Fsp3) is 0.273. The maximum Gasteiger partial charge on any atom is 0.262 e. The topological polar surface area (TPSA) is 62.1 Å². The fourth-order valence-electron chi connectivity index (χ4n) is 3.19. The lowest BCUT2D eigenvalue weighted by Crippen LogP contribution is -2.33. The van der Waals surface area contributed by atoms with E-state index in [1.54, 1.807) is 24.3 Å². The third kappa shape index (κ3) is 5.81. The Morgan fingerprint density at radius 1 is 1.31 bits per heavy atom. The number of hydrogen-bond donors (Lipinski definition) is 1. The summed E-state index contributed by atoms with van der Waals surface area (Å²) in [5.74, 6) is -0.250. The number of ether oxygens (including phenoxy) is 1. The lowest BCUT2D eigenvalue weighted by molar-refractivity contribution is -0.117. The molecule has 3 rings (SSSR count). The van der Waals surface area contributed by atoms with Crippen molar-refractivity contribution in [2.24, 2.45) is 0 Å². The summed E-state index contributed by atoms with van der Waals surface area (Å²) in [6.45, 7) is 0.223. The van der Waals surface area contributed by atoms with Crippen LogP contribution in [0.5, 0.6) is 5.75 Å². The monoisotopic (exact) mass is 476 g/mol. The Bertz CT molecular complexity index is 941. The third-order valence-electron chi connectivity index (χ3n) is 4.68. The molecule has 0 radical (unpaired) electrons. The van der Waals surface area contributed by atoms with Crippen LogP contribution in [0.15, 0.2) is 46.4 Å². The molecule has 0 unspecified atom stereocenters. The van der Waals surface area contributed by atoms with Gasteiger partial charge >= 0.3 is 0 Å². The van der Waals surface area contributed by atoms with E-state index in [-0.39, 0.29) is 29.9 Å². The molecule has 2 aromatic carbocycles. The van der Waals surface area contributed by atoms with Crippen molar-refractivity contribution in [3.05, 3.63) is 68.4 Å². The van der Waals surface area contributed by atoms with Crippen molar-refractivity contribution in [2.75, 3.05) is 0 Å². The Balaban J connectivity index is 1.73. The van der Waals surface area contributed by atoms with Gasteiger partial charge in [-0.25, -0.2) is 4.39 Å². The molecule has 0 atom stereocenters. The standard InChI is InChI=1S/C22H19BrClFN2O2/c23-19-10-15(9-16(12-26)22(28)27-18-3-1-2-4-18)11-20(24)21(19)29-13-14-5-7-17(25)8-6-14/h5-11,18H,1-4,13H2,(H,27,28)/b16-9-. The molecule has 1 amide bonds. The summed E-state index contributed by atoms with van der Waals surface area (Å²) in [5.41, 5.74) is 1.43. The molecule has 0 aromatic heterocycles. The van der Waals surface area contributed by atoms with Crippen molar-refractivity contribution in [1.82, 2.24) is 5.32 Å². The molecule has 4 nitrogen and oxygen atoms in total. The van der Waals surface area contributed by atoms with E-state index in [2.05, 4.69) is 21.2 Å². The van der Waals surface area contributed by atoms with Gasteiger partial charge in [-0.2, -0.15) is 5.26 Å². The van der Waals surface area contributed by atoms with Crippen molar-refractivity contribution in [3.8, 4) is 11.8 Å². The van der Waals surface area contributed by atoms with E-state index in [0.717, 1.165) is 31.2 Å². The molecular weight excluding hydrogens is 459 g/mol. The number of hydrogen-bond acceptors (Lipinski definition) is 3. The minimum absolute atomic E-state index is 0.0276. The molecule has 150 valence electrons. The number of nitrogens with one attached hydrogen (secondary N) is 1. The summed E-state index contributed by atoms with van der Waals surface area (Å²) in [6.07, 6.45) is 5.59. The van der Waals surface area contributed by atoms with Crippen LogP contribution < -0.4 is 10.1 Å². The van der Waals surface area contributed by atoms with Crippen LogP contribution in [0.1, 0.15) is 36.8 Å². The molecule has 0 bridgehead atoms. The summed E-state index contributed by atoms with van der Waals surface area (Å²) in [7, 11) is 0. The first-order valence-electron chi connectivity index (χ1n) is 9.25. The van der Waals surface area contributed by atoms with E-state index in [1.807, 2.05) is 6.07 Å². The molecule has 0 saturated heterocycles. The molecule has 1 fully saturated rings. The van der Waals surface area contributed by atoms with Gasteiger partial charge in [-0.1, -0.05) is 36.6 Å². The zero-order chi connectivity index (χ0) is 20.8. The van der Waals surface area contributed by atoms with Gasteiger partial charge in [-0.05, 0) is 70.2 Å². The molecule has 2 aromatic rings. The van der Waals surface area contributed by atoms with Crippen molar-refractivity contribution >= 4 is 39.5 Å². The molecule has 7 heteroatoms. The molecule has 1 aliphatic rings. The van der Waals surface area contributed by atoms with E-state index in [9.17, 15) is 14.4 Å². The summed E-state index contributed by atoms with van der Waals surface area (Å²) in [6, 6.07) is 11.5. The van der Waals surface area contributed by atoms with Gasteiger partial charge in [0.1, 0.15) is 24.1 Å². The highest BCUT2D eigenvalue weighted by molar-refractivity contribution is 9.10. The molecule has 1 N–H and O–H groups in total. The summed E-state index contributed by atoms with van der Waals surface area (Å²) in [5, 5.41) is 12.6. The van der Waals surface area contributed by atoms with E-state index in [4.69, 9.17) is 16.3 Å². The quantitative estimate of drug-likeness (QED) is 0.423. The highest BCUT2D eigenvalue weighted by Crippen LogP contribution is 2.35. The van der Waals surface area contributed by atoms with Crippen LogP contribution in [0.3, 0.4) is 0 Å². The number of rotatable bonds is 6. The van der Waals surface area contributed by atoms with Gasteiger partial charge in [-0.3, -0.25) is 4.79 Å². The van der Waals surface area contributed by atoms with Crippen molar-refractivity contribution in [2.45, 2.75) is 38.3 Å². The third-order valence-corrected chi connectivity index (χ3v) is 5.55. The minimum Gasteiger partial charge on any atom is -0.486 e. The van der Waals surface area contributed by atoms with Gasteiger partial charge in [0.25, 0.3) is 5.91 Å². The van der Waals surface area contributed by atoms with Crippen molar-refractivity contribution in [3.63, 3.8) is 0 Å². The van der Waals surface area contributed by atoms with Gasteiger partial charge in [0.15, 0.2) is 5.75 Å². The normalized spacial score (nSPS) is 14.5. The number of halogens is 3. The zero-order valence-electron chi connectivity index (χ0n) is 15.6. The Hall–Kier alpha value is -2.36. The van der Waals surface area contributed by atoms with E-state index < -0.39 is 0 Å². The minimum atomic E-state index is -0.372. The number of nitriles is 1. The van der Waals surface area contributed by atoms with E-state index >= 15 is 0 Å². The Morgan fingerprint density at radius 2 is 2.00 bits per heavy atom. The van der Waals surface area contributed by atoms with Crippen LogP contribution in [-0.4, -0.2) is 11.9 Å². The first-order valence-corrected chi connectivity index (χ1v) is 10.4. The van der Waals surface area contributed by atoms with E-state index in [1.165, 1.54) is 18.2 Å². The molecule has 29 heavy (non-hydrogen) atoms. The van der Waals surface area contributed by atoms with Crippen molar-refractivity contribution < 1.29 is 13.9 Å². The average Bonchev–Trinajstić information content (AvgIpc) is 3.19. The first-order chi connectivity index (χ1) is 14.0. The van der Waals surface area contributed by atoms with Gasteiger partial charge < -0.3 is 10.1 Å². The molecule has 0 spiro atoms. The highest BCUT2D eigenvalue weighted by Gasteiger charge is 2.19. The average molecular weight is 478 g/mol. The Labute approximate surface area is 182 Å². The molecule has 0 aliphatic heterocycles. The maximum absolute atomic E-state index is 13.0. The number of amides is 1. The number of carbonyl (C=O) groups is 1. The van der Waals surface area contributed by atoms with E-state index in [0.29, 0.717) is 20.8 Å². The lowest BCUT2D eigenvalue weighted by atomic mass is 10.1. The summed E-state index contributed by atoms with van der Waals surface area (Å²) >= 11 is 9.76. The second kappa shape index (κ2) is 9.91. The van der Waals surface area contributed by atoms with Crippen LogP contribution in [0.25, 0.3) is 6.08 Å². The van der Waals surface area contributed by atoms with Gasteiger partial charge in [0, 0.05) is 6.04 Å². The van der Waals surface area contributed by atoms with Gasteiger partial charge in [0.2, 0.25) is 0 Å². The smallest absolute Gasteiger partial charge is 0.262 e. The van der Waals surface area contributed by atoms with Crippen LogP contribution in [-0.2, 0) is 11.4 Å². The number of nitrogens with zero attached hydrogens (tertiary/aromatic N) is 1. The summed E-state index contributed by atoms with van der Waals surface area (Å²) < 4.78 is 19.3. The van der Waals surface area contributed by atoms with Gasteiger partial charge in [0.05, 0.1) is 9.50 Å². The molecule has 1 aliphatic carbocycles. The van der Waals surface area contributed by atoms with Crippen LogP contribution in [0, 0.1) is 17.1 Å². The molecule has 0 heterocycles. The lowest BCUT2D eigenvalue weighted by Gasteiger charge is -2.12. The fourth-order valence-corrected chi connectivity index (χ4v) is 4.17. The summed E-state index contributed by atoms with van der Waals surface area (Å²) in [4.78, 5) is 12.4. The Morgan fingerprint density at radius 3 is 2.62 bits per heavy atom. The largest absolute Gasteiger partial charge is 0.486 e. The molecule has 1 saturated carbocycles. The predicted molar refractivity (Wildman–Crippen MR) is 114 cm³/mol. The zero-order valence-corrected chi connectivity index (χ0v) is 17.9. The second-order valence-electron chi connectivity index (χ2n) is 6.85. The SMILES string of the molecule is N#C/C(=C/c1cc(Cl)c(OCc2ccc(F)cc2)c(Br)c1)C(=O)NC1CCCC1. The van der Waals surface area contributed by atoms with Crippen LogP contribution in [0.2, 0.25) is 5.02 Å². The van der Waals surface area contributed by atoms with Gasteiger partial charge in [-0.15, -0.1) is 0 Å². The first kappa shape index (κ1) is 21.4. The highest BCUT2D eigenvalue weighted by atomic mass is 79.9. The van der Waals surface area contributed by atoms with Crippen LogP contribution >= 0.6 is 27.5 Å². The maximum atomic E-state index is 13.0. The Kier molecular flexibility index (Phi) is 7.29. The number of carbonyl (C=O) groups excluding carboxylic acids is 1.